The summed E-state index contributed by atoms with van der Waals surface area (Å²) in [5.74, 6) is 0.939. The molecule has 3 heteroatoms. The van der Waals surface area contributed by atoms with Crippen LogP contribution in [0, 0.1) is 0 Å². The Kier molecular flexibility index (Phi) is 2.70. The molecule has 0 spiro atoms. The number of nitrogens with two attached hydrogens (primary N) is 1. The molecule has 0 bridgehead atoms. The third-order valence-corrected chi connectivity index (χ3v) is 2.24. The Morgan fingerprint density at radius 2 is 2.36 bits per heavy atom. The molecule has 1 aromatic rings. The third-order valence-electron chi connectivity index (χ3n) is 2.24. The summed E-state index contributed by atoms with van der Waals surface area (Å²) in [6.45, 7) is 3.01. The quantitative estimate of drug-likeness (QED) is 0.773. The van der Waals surface area contributed by atoms with E-state index in [9.17, 15) is 0 Å². The standard InChI is InChI=1S/C11H15NO2/c1-8(12)4-9-2-3-10-6-13-7-14-11(10)5-9/h2-3,5,8H,4,6-7,12H2,1H3. The van der Waals surface area contributed by atoms with E-state index in [0.717, 1.165) is 17.7 Å². The van der Waals surface area contributed by atoms with Gasteiger partial charge in [0.25, 0.3) is 0 Å². The minimum atomic E-state index is 0.188. The predicted molar refractivity (Wildman–Crippen MR) is 54.1 cm³/mol. The molecule has 14 heavy (non-hydrogen) atoms. The van der Waals surface area contributed by atoms with Crippen LogP contribution >= 0.6 is 0 Å². The molecule has 1 atom stereocenters. The molecule has 1 unspecified atom stereocenters. The van der Waals surface area contributed by atoms with Crippen molar-refractivity contribution in [3.05, 3.63) is 29.3 Å². The van der Waals surface area contributed by atoms with E-state index < -0.39 is 0 Å². The van der Waals surface area contributed by atoms with E-state index in [1.54, 1.807) is 0 Å². The summed E-state index contributed by atoms with van der Waals surface area (Å²) >= 11 is 0. The number of benzene rings is 1. The van der Waals surface area contributed by atoms with E-state index in [2.05, 4.69) is 12.1 Å². The van der Waals surface area contributed by atoms with Gasteiger partial charge in [0.15, 0.2) is 6.79 Å². The van der Waals surface area contributed by atoms with Gasteiger partial charge in [-0.3, -0.25) is 0 Å². The molecule has 0 saturated heterocycles. The first-order valence-corrected chi connectivity index (χ1v) is 4.83. The van der Waals surface area contributed by atoms with Gasteiger partial charge in [-0.05, 0) is 25.0 Å². The molecule has 3 nitrogen and oxygen atoms in total. The average Bonchev–Trinajstić information content (AvgIpc) is 2.17. The fourth-order valence-electron chi connectivity index (χ4n) is 1.61. The van der Waals surface area contributed by atoms with Crippen LogP contribution in [-0.4, -0.2) is 12.8 Å². The van der Waals surface area contributed by atoms with Crippen LogP contribution in [-0.2, 0) is 17.8 Å². The lowest BCUT2D eigenvalue weighted by Crippen LogP contribution is -2.18. The molecular formula is C11H15NO2. The monoisotopic (exact) mass is 193 g/mol. The first-order valence-electron chi connectivity index (χ1n) is 4.83. The first-order chi connectivity index (χ1) is 6.75. The molecule has 2 N–H and O–H groups in total. The highest BCUT2D eigenvalue weighted by molar-refractivity contribution is 5.38. The van der Waals surface area contributed by atoms with Crippen molar-refractivity contribution < 1.29 is 9.47 Å². The Balaban J connectivity index is 2.20. The number of ether oxygens (including phenoxy) is 2. The van der Waals surface area contributed by atoms with E-state index in [1.807, 2.05) is 13.0 Å². The zero-order valence-electron chi connectivity index (χ0n) is 8.32. The van der Waals surface area contributed by atoms with Gasteiger partial charge in [0.05, 0.1) is 6.61 Å². The smallest absolute Gasteiger partial charge is 0.189 e. The molecular weight excluding hydrogens is 178 g/mol. The van der Waals surface area contributed by atoms with Crippen LogP contribution in [0.1, 0.15) is 18.1 Å². The van der Waals surface area contributed by atoms with Crippen LogP contribution in [0.2, 0.25) is 0 Å². The van der Waals surface area contributed by atoms with Gasteiger partial charge in [0, 0.05) is 11.6 Å². The predicted octanol–water partition coefficient (Wildman–Crippen LogP) is 1.44. The van der Waals surface area contributed by atoms with E-state index in [4.69, 9.17) is 15.2 Å². The second-order valence-electron chi connectivity index (χ2n) is 3.73. The van der Waals surface area contributed by atoms with Gasteiger partial charge >= 0.3 is 0 Å². The van der Waals surface area contributed by atoms with Crippen molar-refractivity contribution in [3.8, 4) is 5.75 Å². The molecule has 0 amide bonds. The van der Waals surface area contributed by atoms with E-state index in [0.29, 0.717) is 13.4 Å². The SMILES string of the molecule is CC(N)Cc1ccc2c(c1)OCOC2. The summed E-state index contributed by atoms with van der Waals surface area (Å²) in [6, 6.07) is 6.38. The van der Waals surface area contributed by atoms with Crippen LogP contribution in [0.25, 0.3) is 0 Å². The lowest BCUT2D eigenvalue weighted by molar-refractivity contribution is -0.0164. The van der Waals surface area contributed by atoms with Crippen molar-refractivity contribution >= 4 is 0 Å². The molecule has 0 saturated carbocycles. The van der Waals surface area contributed by atoms with Gasteiger partial charge < -0.3 is 15.2 Å². The summed E-state index contributed by atoms with van der Waals surface area (Å²) in [5.41, 5.74) is 8.07. The number of rotatable bonds is 2. The van der Waals surface area contributed by atoms with Gasteiger partial charge in [0.1, 0.15) is 5.75 Å². The van der Waals surface area contributed by atoms with Gasteiger partial charge in [0.2, 0.25) is 0 Å². The highest BCUT2D eigenvalue weighted by Crippen LogP contribution is 2.24. The summed E-state index contributed by atoms with van der Waals surface area (Å²) in [6.07, 6.45) is 0.886. The maximum absolute atomic E-state index is 5.73. The molecule has 1 aromatic carbocycles. The second kappa shape index (κ2) is 3.98. The molecule has 76 valence electrons. The highest BCUT2D eigenvalue weighted by atomic mass is 16.7. The minimum Gasteiger partial charge on any atom is -0.467 e. The van der Waals surface area contributed by atoms with Crippen LogP contribution < -0.4 is 10.5 Å². The van der Waals surface area contributed by atoms with Crippen molar-refractivity contribution in [3.63, 3.8) is 0 Å². The number of fused-ring (bicyclic) bond motifs is 1. The molecule has 1 aliphatic heterocycles. The summed E-state index contributed by atoms with van der Waals surface area (Å²) in [5, 5.41) is 0. The largest absolute Gasteiger partial charge is 0.467 e. The molecule has 0 fully saturated rings. The molecule has 1 heterocycles. The minimum absolute atomic E-state index is 0.188. The zero-order chi connectivity index (χ0) is 9.97. The maximum atomic E-state index is 5.73. The topological polar surface area (TPSA) is 44.5 Å². The molecule has 0 radical (unpaired) electrons. The average molecular weight is 193 g/mol. The maximum Gasteiger partial charge on any atom is 0.189 e. The van der Waals surface area contributed by atoms with Crippen LogP contribution in [0.3, 0.4) is 0 Å². The fourth-order valence-corrected chi connectivity index (χ4v) is 1.61. The third kappa shape index (κ3) is 2.05. The Hall–Kier alpha value is -1.06. The Bertz CT molecular complexity index is 323. The number of hydrogen-bond acceptors (Lipinski definition) is 3. The Morgan fingerprint density at radius 1 is 1.50 bits per heavy atom. The molecule has 1 aliphatic rings. The summed E-state index contributed by atoms with van der Waals surface area (Å²) in [7, 11) is 0. The van der Waals surface area contributed by atoms with E-state index in [1.165, 1.54) is 5.56 Å². The van der Waals surface area contributed by atoms with Crippen LogP contribution in [0.4, 0.5) is 0 Å². The lowest BCUT2D eigenvalue weighted by Gasteiger charge is -2.18. The molecule has 0 aliphatic carbocycles. The van der Waals surface area contributed by atoms with Crippen molar-refractivity contribution in [1.82, 2.24) is 0 Å². The lowest BCUT2D eigenvalue weighted by atomic mass is 10.0. The summed E-state index contributed by atoms with van der Waals surface area (Å²) < 4.78 is 10.6. The van der Waals surface area contributed by atoms with Crippen LogP contribution in [0.15, 0.2) is 18.2 Å². The van der Waals surface area contributed by atoms with Crippen LogP contribution in [0.5, 0.6) is 5.75 Å². The first kappa shape index (κ1) is 9.49. The highest BCUT2D eigenvalue weighted by Gasteiger charge is 2.10. The van der Waals surface area contributed by atoms with Crippen molar-refractivity contribution in [2.24, 2.45) is 5.73 Å². The zero-order valence-corrected chi connectivity index (χ0v) is 8.32. The van der Waals surface area contributed by atoms with Crippen molar-refractivity contribution in [2.75, 3.05) is 6.79 Å². The molecule has 2 rings (SSSR count). The van der Waals surface area contributed by atoms with Gasteiger partial charge in [-0.2, -0.15) is 0 Å². The van der Waals surface area contributed by atoms with E-state index in [-0.39, 0.29) is 6.04 Å². The summed E-state index contributed by atoms with van der Waals surface area (Å²) in [4.78, 5) is 0. The normalized spacial score (nSPS) is 17.0. The van der Waals surface area contributed by atoms with Crippen molar-refractivity contribution in [2.45, 2.75) is 26.0 Å². The Labute approximate surface area is 83.8 Å². The van der Waals surface area contributed by atoms with Gasteiger partial charge in [-0.25, -0.2) is 0 Å². The van der Waals surface area contributed by atoms with Gasteiger partial charge in [-0.1, -0.05) is 12.1 Å². The molecule has 0 aromatic heterocycles. The number of hydrogen-bond donors (Lipinski definition) is 1. The Morgan fingerprint density at radius 3 is 3.14 bits per heavy atom. The second-order valence-corrected chi connectivity index (χ2v) is 3.73. The van der Waals surface area contributed by atoms with E-state index >= 15 is 0 Å². The van der Waals surface area contributed by atoms with Gasteiger partial charge in [-0.15, -0.1) is 0 Å². The fraction of sp³-hybridized carbons (Fsp3) is 0.455. The van der Waals surface area contributed by atoms with Crippen molar-refractivity contribution in [1.29, 1.82) is 0 Å².